The molecule has 1 N–H and O–H groups in total. The molecule has 0 aliphatic carbocycles. The summed E-state index contributed by atoms with van der Waals surface area (Å²) in [7, 11) is -4.26. The van der Waals surface area contributed by atoms with Gasteiger partial charge in [0.2, 0.25) is 11.8 Å². The van der Waals surface area contributed by atoms with E-state index in [1.807, 2.05) is 44.2 Å². The lowest BCUT2D eigenvalue weighted by atomic mass is 10.0. The second-order valence-electron chi connectivity index (χ2n) is 10.6. The fourth-order valence-electron chi connectivity index (χ4n) is 4.69. The van der Waals surface area contributed by atoms with Crippen LogP contribution in [-0.4, -0.2) is 43.8 Å². The number of sulfonamides is 1. The molecule has 4 aromatic carbocycles. The third-order valence-electron chi connectivity index (χ3n) is 7.37. The highest BCUT2D eigenvalue weighted by molar-refractivity contribution is 7.92. The van der Waals surface area contributed by atoms with Crippen LogP contribution >= 0.6 is 34.8 Å². The van der Waals surface area contributed by atoms with E-state index in [4.69, 9.17) is 34.8 Å². The van der Waals surface area contributed by atoms with E-state index in [0.29, 0.717) is 17.0 Å². The Balaban J connectivity index is 1.83. The summed E-state index contributed by atoms with van der Waals surface area (Å²) in [5.41, 5.74) is 1.58. The van der Waals surface area contributed by atoms with Crippen molar-refractivity contribution in [1.82, 2.24) is 10.2 Å². The highest BCUT2D eigenvalue weighted by Crippen LogP contribution is 2.31. The summed E-state index contributed by atoms with van der Waals surface area (Å²) < 4.78 is 29.1. The van der Waals surface area contributed by atoms with Crippen molar-refractivity contribution in [2.45, 2.75) is 50.2 Å². The summed E-state index contributed by atoms with van der Waals surface area (Å²) in [5, 5.41) is 3.78. The largest absolute Gasteiger partial charge is 0.352 e. The first-order valence-electron chi connectivity index (χ1n) is 14.4. The number of halogens is 3. The molecular weight excluding hydrogens is 653 g/mol. The van der Waals surface area contributed by atoms with E-state index in [2.05, 4.69) is 5.32 Å². The van der Waals surface area contributed by atoms with Crippen molar-refractivity contribution in [3.63, 3.8) is 0 Å². The highest BCUT2D eigenvalue weighted by Gasteiger charge is 2.35. The summed E-state index contributed by atoms with van der Waals surface area (Å²) in [6.45, 7) is 3.18. The van der Waals surface area contributed by atoms with Crippen LogP contribution in [0.25, 0.3) is 0 Å². The molecule has 0 fully saturated rings. The molecular formula is C34H34Cl3N3O4S. The Morgan fingerprint density at radius 1 is 0.800 bits per heavy atom. The smallest absolute Gasteiger partial charge is 0.264 e. The van der Waals surface area contributed by atoms with Gasteiger partial charge in [0.15, 0.2) is 0 Å². The standard InChI is InChI=1S/C34H34Cl3N3O4S/c1-3-24(2)38-34(42)32(20-25-12-6-4-7-13-25)39(22-26-14-10-11-17-29(26)35)33(41)23-40(27-18-19-30(36)31(37)21-27)45(43,44)28-15-8-5-9-16-28/h4-19,21,24,32H,3,20,22-23H2,1-2H3,(H,38,42)/t24-,32-/m1/s1. The van der Waals surface area contributed by atoms with Crippen LogP contribution in [0.2, 0.25) is 15.1 Å². The number of carbonyl (C=O) groups is 2. The minimum Gasteiger partial charge on any atom is -0.352 e. The number of rotatable bonds is 13. The first kappa shape index (κ1) is 34.3. The van der Waals surface area contributed by atoms with Gasteiger partial charge >= 0.3 is 0 Å². The van der Waals surface area contributed by atoms with Crippen molar-refractivity contribution in [3.05, 3.63) is 129 Å². The third kappa shape index (κ3) is 8.79. The van der Waals surface area contributed by atoms with Crippen LogP contribution in [0.1, 0.15) is 31.4 Å². The Bertz CT molecular complexity index is 1720. The molecule has 7 nitrogen and oxygen atoms in total. The molecule has 0 radical (unpaired) electrons. The number of carbonyl (C=O) groups excluding carboxylic acids is 2. The Morgan fingerprint density at radius 3 is 2.04 bits per heavy atom. The Kier molecular flexibility index (Phi) is 11.9. The third-order valence-corrected chi connectivity index (χ3v) is 10.3. The van der Waals surface area contributed by atoms with Gasteiger partial charge < -0.3 is 10.2 Å². The van der Waals surface area contributed by atoms with Gasteiger partial charge in [0.1, 0.15) is 12.6 Å². The second-order valence-corrected chi connectivity index (χ2v) is 13.6. The number of hydrogen-bond donors (Lipinski definition) is 1. The van der Waals surface area contributed by atoms with Gasteiger partial charge in [-0.05, 0) is 60.9 Å². The maximum Gasteiger partial charge on any atom is 0.264 e. The molecule has 0 aliphatic rings. The molecule has 0 saturated carbocycles. The lowest BCUT2D eigenvalue weighted by Gasteiger charge is -2.34. The van der Waals surface area contributed by atoms with Crippen molar-refractivity contribution in [1.29, 1.82) is 0 Å². The van der Waals surface area contributed by atoms with Crippen molar-refractivity contribution >= 4 is 62.3 Å². The first-order chi connectivity index (χ1) is 21.5. The Morgan fingerprint density at radius 2 is 1.42 bits per heavy atom. The normalized spacial score (nSPS) is 12.6. The zero-order valence-corrected chi connectivity index (χ0v) is 28.0. The van der Waals surface area contributed by atoms with Crippen LogP contribution < -0.4 is 9.62 Å². The van der Waals surface area contributed by atoms with Gasteiger partial charge in [0, 0.05) is 24.0 Å². The maximum atomic E-state index is 14.5. The average Bonchev–Trinajstić information content (AvgIpc) is 3.04. The number of hydrogen-bond acceptors (Lipinski definition) is 4. The SMILES string of the molecule is CC[C@@H](C)NC(=O)[C@@H](Cc1ccccc1)N(Cc1ccccc1Cl)C(=O)CN(c1ccc(Cl)c(Cl)c1)S(=O)(=O)c1ccccc1. The molecule has 0 aliphatic heterocycles. The van der Waals surface area contributed by atoms with Gasteiger partial charge in [0.25, 0.3) is 10.0 Å². The van der Waals surface area contributed by atoms with E-state index in [1.54, 1.807) is 42.5 Å². The van der Waals surface area contributed by atoms with Crippen LogP contribution in [0.3, 0.4) is 0 Å². The summed E-state index contributed by atoms with van der Waals surface area (Å²) in [4.78, 5) is 29.8. The van der Waals surface area contributed by atoms with Crippen molar-refractivity contribution in [2.24, 2.45) is 0 Å². The molecule has 4 aromatic rings. The van der Waals surface area contributed by atoms with E-state index in [1.165, 1.54) is 35.2 Å². The highest BCUT2D eigenvalue weighted by atomic mass is 35.5. The minimum absolute atomic E-state index is 0.0168. The molecule has 236 valence electrons. The van der Waals surface area contributed by atoms with Gasteiger partial charge in [-0.25, -0.2) is 8.42 Å². The van der Waals surface area contributed by atoms with E-state index in [0.717, 1.165) is 9.87 Å². The lowest BCUT2D eigenvalue weighted by Crippen LogP contribution is -2.54. The fraction of sp³-hybridized carbons (Fsp3) is 0.235. The van der Waals surface area contributed by atoms with E-state index < -0.39 is 28.5 Å². The van der Waals surface area contributed by atoms with E-state index in [9.17, 15) is 18.0 Å². The van der Waals surface area contributed by atoms with Gasteiger partial charge in [-0.3, -0.25) is 13.9 Å². The summed E-state index contributed by atoms with van der Waals surface area (Å²) >= 11 is 19.0. The van der Waals surface area contributed by atoms with Crippen molar-refractivity contribution in [3.8, 4) is 0 Å². The second kappa shape index (κ2) is 15.6. The predicted molar refractivity (Wildman–Crippen MR) is 181 cm³/mol. The number of amides is 2. The topological polar surface area (TPSA) is 86.8 Å². The predicted octanol–water partition coefficient (Wildman–Crippen LogP) is 7.40. The molecule has 0 unspecified atom stereocenters. The maximum absolute atomic E-state index is 14.5. The van der Waals surface area contributed by atoms with Gasteiger partial charge in [-0.15, -0.1) is 0 Å². The molecule has 0 bridgehead atoms. The molecule has 0 saturated heterocycles. The summed E-state index contributed by atoms with van der Waals surface area (Å²) in [6.07, 6.45) is 0.875. The molecule has 2 atom stereocenters. The van der Waals surface area contributed by atoms with Gasteiger partial charge in [-0.1, -0.05) is 108 Å². The van der Waals surface area contributed by atoms with E-state index >= 15 is 0 Å². The van der Waals surface area contributed by atoms with Crippen LogP contribution in [0.4, 0.5) is 5.69 Å². The van der Waals surface area contributed by atoms with Gasteiger partial charge in [0.05, 0.1) is 20.6 Å². The van der Waals surface area contributed by atoms with Gasteiger partial charge in [-0.2, -0.15) is 0 Å². The first-order valence-corrected chi connectivity index (χ1v) is 17.0. The Hall–Kier alpha value is -3.56. The molecule has 0 spiro atoms. The molecule has 11 heteroatoms. The van der Waals surface area contributed by atoms with Crippen LogP contribution in [-0.2, 0) is 32.6 Å². The van der Waals surface area contributed by atoms with Crippen LogP contribution in [0, 0.1) is 0 Å². The molecule has 0 aromatic heterocycles. The number of anilines is 1. The number of nitrogens with one attached hydrogen (secondary N) is 1. The Labute approximate surface area is 279 Å². The monoisotopic (exact) mass is 685 g/mol. The molecule has 45 heavy (non-hydrogen) atoms. The average molecular weight is 687 g/mol. The number of nitrogens with zero attached hydrogens (tertiary/aromatic N) is 2. The van der Waals surface area contributed by atoms with E-state index in [-0.39, 0.29) is 45.5 Å². The van der Waals surface area contributed by atoms with Crippen molar-refractivity contribution < 1.29 is 18.0 Å². The summed E-state index contributed by atoms with van der Waals surface area (Å²) in [5.74, 6) is -0.971. The van der Waals surface area contributed by atoms with Crippen LogP contribution in [0.5, 0.6) is 0 Å². The fourth-order valence-corrected chi connectivity index (χ4v) is 6.61. The minimum atomic E-state index is -4.26. The summed E-state index contributed by atoms with van der Waals surface area (Å²) in [6, 6.07) is 27.4. The zero-order chi connectivity index (χ0) is 32.6. The van der Waals surface area contributed by atoms with Crippen LogP contribution in [0.15, 0.2) is 108 Å². The lowest BCUT2D eigenvalue weighted by molar-refractivity contribution is -0.140. The molecule has 2 amide bonds. The van der Waals surface area contributed by atoms with Crippen molar-refractivity contribution in [2.75, 3.05) is 10.8 Å². The molecule has 0 heterocycles. The quantitative estimate of drug-likeness (QED) is 0.159. The number of benzene rings is 4. The zero-order valence-electron chi connectivity index (χ0n) is 24.9. The molecule has 4 rings (SSSR count).